The van der Waals surface area contributed by atoms with Crippen LogP contribution in [0.2, 0.25) is 0 Å². The normalized spacial score (nSPS) is 23.9. The summed E-state index contributed by atoms with van der Waals surface area (Å²) in [7, 11) is 1.84. The van der Waals surface area contributed by atoms with Crippen LogP contribution in [0.4, 0.5) is 5.69 Å². The quantitative estimate of drug-likeness (QED) is 0.877. The molecule has 1 aliphatic rings. The summed E-state index contributed by atoms with van der Waals surface area (Å²) in [4.78, 5) is 15.8. The molecular formula is C12H18N2O2S. The van der Waals surface area contributed by atoms with Crippen molar-refractivity contribution in [1.82, 2.24) is 4.90 Å². The van der Waals surface area contributed by atoms with Crippen LogP contribution < -0.4 is 5.73 Å². The molecule has 1 aliphatic heterocycles. The lowest BCUT2D eigenvalue weighted by Crippen LogP contribution is -2.40. The van der Waals surface area contributed by atoms with E-state index in [0.717, 1.165) is 17.9 Å². The number of ether oxygens (including phenoxy) is 1. The van der Waals surface area contributed by atoms with Gasteiger partial charge < -0.3 is 15.4 Å². The van der Waals surface area contributed by atoms with E-state index < -0.39 is 0 Å². The molecule has 2 N–H and O–H groups in total. The van der Waals surface area contributed by atoms with E-state index in [0.29, 0.717) is 10.6 Å². The van der Waals surface area contributed by atoms with E-state index in [4.69, 9.17) is 10.5 Å². The largest absolute Gasteiger partial charge is 0.398 e. The van der Waals surface area contributed by atoms with Crippen molar-refractivity contribution in [3.8, 4) is 0 Å². The highest BCUT2D eigenvalue weighted by molar-refractivity contribution is 7.14. The van der Waals surface area contributed by atoms with Gasteiger partial charge in [-0.2, -0.15) is 0 Å². The van der Waals surface area contributed by atoms with Crippen molar-refractivity contribution in [2.75, 3.05) is 19.4 Å². The van der Waals surface area contributed by atoms with Gasteiger partial charge in [0.05, 0.1) is 17.0 Å². The van der Waals surface area contributed by atoms with Gasteiger partial charge in [0.2, 0.25) is 0 Å². The Balaban J connectivity index is 2.14. The maximum absolute atomic E-state index is 12.3. The van der Waals surface area contributed by atoms with Crippen molar-refractivity contribution in [2.24, 2.45) is 0 Å². The smallest absolute Gasteiger partial charge is 0.264 e. The van der Waals surface area contributed by atoms with Crippen molar-refractivity contribution < 1.29 is 9.53 Å². The summed E-state index contributed by atoms with van der Waals surface area (Å²) >= 11 is 1.45. The number of hydrogen-bond acceptors (Lipinski definition) is 4. The minimum Gasteiger partial charge on any atom is -0.398 e. The number of aryl methyl sites for hydroxylation is 1. The molecule has 4 nitrogen and oxygen atoms in total. The minimum absolute atomic E-state index is 0.0390. The number of nitrogen functional groups attached to an aromatic ring is 1. The molecule has 1 aromatic rings. The van der Waals surface area contributed by atoms with Gasteiger partial charge in [0, 0.05) is 24.2 Å². The lowest BCUT2D eigenvalue weighted by molar-refractivity contribution is 0.0578. The number of rotatable bonds is 2. The fourth-order valence-electron chi connectivity index (χ4n) is 2.16. The number of carbonyl (C=O) groups excluding carboxylic acids is 1. The van der Waals surface area contributed by atoms with Gasteiger partial charge in [0.1, 0.15) is 0 Å². The Bertz CT molecular complexity index is 411. The van der Waals surface area contributed by atoms with E-state index in [1.807, 2.05) is 20.9 Å². The third kappa shape index (κ3) is 2.30. The Labute approximate surface area is 105 Å². The predicted molar refractivity (Wildman–Crippen MR) is 69.4 cm³/mol. The number of amides is 1. The van der Waals surface area contributed by atoms with Crippen LogP contribution in [0.1, 0.15) is 27.9 Å². The van der Waals surface area contributed by atoms with Gasteiger partial charge in [0.15, 0.2) is 0 Å². The van der Waals surface area contributed by atoms with Gasteiger partial charge >= 0.3 is 0 Å². The van der Waals surface area contributed by atoms with Crippen LogP contribution in [-0.2, 0) is 4.74 Å². The number of anilines is 1. The molecule has 2 atom stereocenters. The van der Waals surface area contributed by atoms with E-state index in [2.05, 4.69) is 0 Å². The Hall–Kier alpha value is -1.07. The van der Waals surface area contributed by atoms with Crippen molar-refractivity contribution >= 4 is 22.9 Å². The average molecular weight is 254 g/mol. The molecular weight excluding hydrogens is 236 g/mol. The van der Waals surface area contributed by atoms with Crippen LogP contribution in [0.5, 0.6) is 0 Å². The second-order valence-corrected chi connectivity index (χ2v) is 5.73. The van der Waals surface area contributed by atoms with Crippen LogP contribution in [-0.4, -0.2) is 36.6 Å². The second kappa shape index (κ2) is 4.66. The average Bonchev–Trinajstić information content (AvgIpc) is 2.84. The molecule has 0 spiro atoms. The maximum atomic E-state index is 12.3. The molecule has 94 valence electrons. The van der Waals surface area contributed by atoms with Crippen LogP contribution >= 0.6 is 11.3 Å². The number of likely N-dealkylation sites (N-methyl/N-ethyl adjacent to an activating group) is 1. The molecule has 5 heteroatoms. The Kier molecular flexibility index (Phi) is 3.40. The van der Waals surface area contributed by atoms with E-state index in [1.54, 1.807) is 11.0 Å². The standard InChI is InChI=1S/C12H18N2O2S/c1-7-10(4-5-16-7)14(3)12(15)11-6-9(13)8(2)17-11/h6-7,10H,4-5,13H2,1-3H3. The highest BCUT2D eigenvalue weighted by atomic mass is 32.1. The first-order chi connectivity index (χ1) is 8.00. The molecule has 0 aromatic carbocycles. The van der Waals surface area contributed by atoms with Crippen LogP contribution in [0.3, 0.4) is 0 Å². The summed E-state index contributed by atoms with van der Waals surface area (Å²) < 4.78 is 5.49. The summed E-state index contributed by atoms with van der Waals surface area (Å²) in [6, 6.07) is 1.94. The topological polar surface area (TPSA) is 55.6 Å². The number of nitrogens with two attached hydrogens (primary N) is 1. The first kappa shape index (κ1) is 12.4. The van der Waals surface area contributed by atoms with Gasteiger partial charge in [-0.1, -0.05) is 0 Å². The molecule has 1 saturated heterocycles. The number of nitrogens with zero attached hydrogens (tertiary/aromatic N) is 1. The summed E-state index contributed by atoms with van der Waals surface area (Å²) in [6.07, 6.45) is 1.02. The molecule has 1 amide bonds. The monoisotopic (exact) mass is 254 g/mol. The van der Waals surface area contributed by atoms with Crippen molar-refractivity contribution in [1.29, 1.82) is 0 Å². The highest BCUT2D eigenvalue weighted by Gasteiger charge is 2.31. The molecule has 0 saturated carbocycles. The maximum Gasteiger partial charge on any atom is 0.264 e. The molecule has 1 fully saturated rings. The highest BCUT2D eigenvalue weighted by Crippen LogP contribution is 2.26. The first-order valence-electron chi connectivity index (χ1n) is 5.75. The van der Waals surface area contributed by atoms with Gasteiger partial charge in [-0.15, -0.1) is 11.3 Å². The third-order valence-electron chi connectivity index (χ3n) is 3.32. The number of thiophene rings is 1. The molecule has 0 aliphatic carbocycles. The van der Waals surface area contributed by atoms with Crippen molar-refractivity contribution in [3.63, 3.8) is 0 Å². The number of hydrogen-bond donors (Lipinski definition) is 1. The molecule has 1 aromatic heterocycles. The summed E-state index contributed by atoms with van der Waals surface area (Å²) in [5, 5.41) is 0. The van der Waals surface area contributed by atoms with Gasteiger partial charge in [-0.3, -0.25) is 4.79 Å². The third-order valence-corrected chi connectivity index (χ3v) is 4.38. The number of carbonyl (C=O) groups is 1. The minimum atomic E-state index is 0.0390. The second-order valence-electron chi connectivity index (χ2n) is 4.47. The van der Waals surface area contributed by atoms with Crippen molar-refractivity contribution in [3.05, 3.63) is 15.8 Å². The molecule has 2 rings (SSSR count). The van der Waals surface area contributed by atoms with E-state index >= 15 is 0 Å². The Morgan fingerprint density at radius 1 is 1.65 bits per heavy atom. The zero-order valence-corrected chi connectivity index (χ0v) is 11.2. The molecule has 2 unspecified atom stereocenters. The Morgan fingerprint density at radius 2 is 2.35 bits per heavy atom. The van der Waals surface area contributed by atoms with Crippen LogP contribution in [0.25, 0.3) is 0 Å². The van der Waals surface area contributed by atoms with E-state index in [9.17, 15) is 4.79 Å². The van der Waals surface area contributed by atoms with Gasteiger partial charge in [-0.25, -0.2) is 0 Å². The van der Waals surface area contributed by atoms with Gasteiger partial charge in [0.25, 0.3) is 5.91 Å². The lowest BCUT2D eigenvalue weighted by Gasteiger charge is -2.26. The van der Waals surface area contributed by atoms with Crippen molar-refractivity contribution in [2.45, 2.75) is 32.4 Å². The van der Waals surface area contributed by atoms with Gasteiger partial charge in [-0.05, 0) is 26.3 Å². The molecule has 0 radical (unpaired) electrons. The van der Waals surface area contributed by atoms with E-state index in [1.165, 1.54) is 11.3 Å². The molecule has 17 heavy (non-hydrogen) atoms. The lowest BCUT2D eigenvalue weighted by atomic mass is 10.1. The first-order valence-corrected chi connectivity index (χ1v) is 6.57. The Morgan fingerprint density at radius 3 is 2.82 bits per heavy atom. The van der Waals surface area contributed by atoms with E-state index in [-0.39, 0.29) is 18.1 Å². The zero-order valence-electron chi connectivity index (χ0n) is 10.4. The summed E-state index contributed by atoms with van der Waals surface area (Å²) in [5.74, 6) is 0.0390. The van der Waals surface area contributed by atoms with Crippen LogP contribution in [0.15, 0.2) is 6.07 Å². The molecule has 0 bridgehead atoms. The SMILES string of the molecule is Cc1sc(C(=O)N(C)C2CCOC2C)cc1N. The fraction of sp³-hybridized carbons (Fsp3) is 0.583. The summed E-state index contributed by atoms with van der Waals surface area (Å²) in [6.45, 7) is 4.67. The molecule has 2 heterocycles. The predicted octanol–water partition coefficient (Wildman–Crippen LogP) is 1.89. The summed E-state index contributed by atoms with van der Waals surface area (Å²) in [5.41, 5.74) is 6.47. The fourth-order valence-corrected chi connectivity index (χ4v) is 3.08. The van der Waals surface area contributed by atoms with Crippen LogP contribution in [0, 0.1) is 6.92 Å². The zero-order chi connectivity index (χ0) is 12.6.